The Morgan fingerprint density at radius 1 is 1.29 bits per heavy atom. The summed E-state index contributed by atoms with van der Waals surface area (Å²) in [5.41, 5.74) is 9.18. The Labute approximate surface area is 141 Å². The fourth-order valence-corrected chi connectivity index (χ4v) is 4.04. The molecule has 3 N–H and O–H groups in total. The maximum Gasteiger partial charge on any atom is 0.200 e. The zero-order chi connectivity index (χ0) is 16.7. The first kappa shape index (κ1) is 15.2. The maximum absolute atomic E-state index is 11.7. The van der Waals surface area contributed by atoms with Crippen LogP contribution in [0.2, 0.25) is 0 Å². The van der Waals surface area contributed by atoms with Crippen molar-refractivity contribution in [2.45, 2.75) is 25.4 Å². The van der Waals surface area contributed by atoms with Crippen LogP contribution in [-0.4, -0.2) is 32.1 Å². The molecule has 2 aliphatic heterocycles. The molecule has 1 fully saturated rings. The summed E-state index contributed by atoms with van der Waals surface area (Å²) in [5, 5.41) is 5.73. The zero-order valence-corrected chi connectivity index (χ0v) is 13.9. The SMILES string of the molecule is CN1C(=C=O)N(C2CCCNC2)c2ccc3c(CN)cccc3c21. The first-order valence-electron chi connectivity index (χ1n) is 8.49. The predicted molar refractivity (Wildman–Crippen MR) is 97.8 cm³/mol. The molecular weight excluding hydrogens is 300 g/mol. The molecule has 0 aliphatic carbocycles. The van der Waals surface area contributed by atoms with Crippen LogP contribution in [0.3, 0.4) is 0 Å². The normalized spacial score (nSPS) is 20.4. The van der Waals surface area contributed by atoms with Gasteiger partial charge in [0.05, 0.1) is 11.4 Å². The van der Waals surface area contributed by atoms with Gasteiger partial charge in [0, 0.05) is 31.6 Å². The number of hydrogen-bond acceptors (Lipinski definition) is 5. The van der Waals surface area contributed by atoms with Crippen LogP contribution in [0.25, 0.3) is 10.8 Å². The minimum atomic E-state index is 0.286. The third kappa shape index (κ3) is 2.13. The highest BCUT2D eigenvalue weighted by atomic mass is 16.1. The van der Waals surface area contributed by atoms with E-state index < -0.39 is 0 Å². The van der Waals surface area contributed by atoms with Crippen molar-refractivity contribution in [1.29, 1.82) is 0 Å². The number of nitrogens with one attached hydrogen (secondary N) is 1. The molecule has 0 spiro atoms. The van der Waals surface area contributed by atoms with E-state index >= 15 is 0 Å². The second kappa shape index (κ2) is 5.95. The van der Waals surface area contributed by atoms with Crippen molar-refractivity contribution < 1.29 is 4.79 Å². The molecule has 124 valence electrons. The number of benzene rings is 2. The van der Waals surface area contributed by atoms with Gasteiger partial charge in [0.2, 0.25) is 5.82 Å². The summed E-state index contributed by atoms with van der Waals surface area (Å²) in [6, 6.07) is 10.7. The van der Waals surface area contributed by atoms with Gasteiger partial charge in [0.15, 0.2) is 5.94 Å². The average molecular weight is 322 g/mol. The van der Waals surface area contributed by atoms with E-state index in [1.165, 1.54) is 0 Å². The Morgan fingerprint density at radius 2 is 2.17 bits per heavy atom. The molecule has 0 bridgehead atoms. The van der Waals surface area contributed by atoms with E-state index in [1.54, 1.807) is 0 Å². The number of piperidine rings is 1. The van der Waals surface area contributed by atoms with Gasteiger partial charge in [-0.15, -0.1) is 0 Å². The van der Waals surface area contributed by atoms with Gasteiger partial charge in [0.1, 0.15) is 0 Å². The van der Waals surface area contributed by atoms with Crippen molar-refractivity contribution in [1.82, 2.24) is 5.32 Å². The molecule has 2 aromatic carbocycles. The third-order valence-electron chi connectivity index (χ3n) is 5.19. The first-order valence-corrected chi connectivity index (χ1v) is 8.49. The number of rotatable bonds is 2. The highest BCUT2D eigenvalue weighted by molar-refractivity contribution is 6.06. The molecule has 0 amide bonds. The highest BCUT2D eigenvalue weighted by Crippen LogP contribution is 2.46. The fourth-order valence-electron chi connectivity index (χ4n) is 4.04. The summed E-state index contributed by atoms with van der Waals surface area (Å²) in [5.74, 6) is 2.77. The minimum Gasteiger partial charge on any atom is -0.326 e. The predicted octanol–water partition coefficient (Wildman–Crippen LogP) is 1.98. The molecule has 2 aliphatic rings. The zero-order valence-electron chi connectivity index (χ0n) is 13.9. The van der Waals surface area contributed by atoms with Crippen LogP contribution in [0.4, 0.5) is 11.4 Å². The molecule has 0 saturated carbocycles. The van der Waals surface area contributed by atoms with E-state index in [4.69, 9.17) is 5.73 Å². The van der Waals surface area contributed by atoms with Gasteiger partial charge in [-0.25, -0.2) is 4.79 Å². The molecule has 2 heterocycles. The second-order valence-electron chi connectivity index (χ2n) is 6.50. The van der Waals surface area contributed by atoms with Gasteiger partial charge in [-0.05, 0) is 36.4 Å². The third-order valence-corrected chi connectivity index (χ3v) is 5.19. The number of carbonyl (C=O) groups excluding carboxylic acids is 1. The van der Waals surface area contributed by atoms with Gasteiger partial charge >= 0.3 is 0 Å². The highest BCUT2D eigenvalue weighted by Gasteiger charge is 2.36. The number of nitrogens with zero attached hydrogens (tertiary/aromatic N) is 2. The van der Waals surface area contributed by atoms with Crippen molar-refractivity contribution in [3.05, 3.63) is 41.7 Å². The maximum atomic E-state index is 11.7. The smallest absolute Gasteiger partial charge is 0.200 e. The number of hydrogen-bond donors (Lipinski definition) is 2. The second-order valence-corrected chi connectivity index (χ2v) is 6.50. The van der Waals surface area contributed by atoms with Gasteiger partial charge in [0.25, 0.3) is 0 Å². The number of fused-ring (bicyclic) bond motifs is 3. The van der Waals surface area contributed by atoms with Crippen molar-refractivity contribution in [2.24, 2.45) is 5.73 Å². The van der Waals surface area contributed by atoms with Crippen molar-refractivity contribution >= 4 is 28.1 Å². The topological polar surface area (TPSA) is 61.6 Å². The lowest BCUT2D eigenvalue weighted by molar-refractivity contribution is 0.447. The largest absolute Gasteiger partial charge is 0.326 e. The average Bonchev–Trinajstić information content (AvgIpc) is 2.94. The molecule has 0 aromatic heterocycles. The number of nitrogens with two attached hydrogens (primary N) is 1. The molecule has 1 saturated heterocycles. The van der Waals surface area contributed by atoms with E-state index in [0.29, 0.717) is 12.4 Å². The van der Waals surface area contributed by atoms with Crippen molar-refractivity contribution in [2.75, 3.05) is 29.9 Å². The Hall–Kier alpha value is -2.33. The van der Waals surface area contributed by atoms with Gasteiger partial charge in [-0.1, -0.05) is 24.3 Å². The molecule has 0 radical (unpaired) electrons. The van der Waals surface area contributed by atoms with E-state index in [1.807, 2.05) is 18.0 Å². The first-order chi connectivity index (χ1) is 11.8. The summed E-state index contributed by atoms with van der Waals surface area (Å²) in [6.45, 7) is 2.44. The molecule has 1 atom stereocenters. The molecule has 1 unspecified atom stereocenters. The summed E-state index contributed by atoms with van der Waals surface area (Å²) < 4.78 is 0. The summed E-state index contributed by atoms with van der Waals surface area (Å²) >= 11 is 0. The van der Waals surface area contributed by atoms with Crippen LogP contribution in [0.15, 0.2) is 36.2 Å². The van der Waals surface area contributed by atoms with Crippen molar-refractivity contribution in [3.63, 3.8) is 0 Å². The molecule has 24 heavy (non-hydrogen) atoms. The minimum absolute atomic E-state index is 0.286. The standard InChI is InChI=1S/C19H22N4O/c1-22-18(12-24)23(14-5-3-9-21-11-14)17-8-7-15-13(10-20)4-2-6-16(15)19(17)22/h2,4,6-8,14,21H,3,5,9-11,20H2,1H3. The molecule has 5 heteroatoms. The summed E-state index contributed by atoms with van der Waals surface area (Å²) in [4.78, 5) is 15.8. The van der Waals surface area contributed by atoms with Gasteiger partial charge < -0.3 is 20.9 Å². The summed E-state index contributed by atoms with van der Waals surface area (Å²) in [7, 11) is 1.95. The van der Waals surface area contributed by atoms with E-state index in [-0.39, 0.29) is 6.04 Å². The van der Waals surface area contributed by atoms with Crippen LogP contribution < -0.4 is 20.9 Å². The Bertz CT molecular complexity index is 835. The lowest BCUT2D eigenvalue weighted by Gasteiger charge is -2.33. The van der Waals surface area contributed by atoms with Crippen LogP contribution in [-0.2, 0) is 11.3 Å². The van der Waals surface area contributed by atoms with Crippen LogP contribution in [0.1, 0.15) is 18.4 Å². The lowest BCUT2D eigenvalue weighted by atomic mass is 10.0. The quantitative estimate of drug-likeness (QED) is 0.828. The monoisotopic (exact) mass is 322 g/mol. The molecule has 4 rings (SSSR count). The number of anilines is 2. The Morgan fingerprint density at radius 3 is 2.88 bits per heavy atom. The fraction of sp³-hybridized carbons (Fsp3) is 0.368. The molecule has 5 nitrogen and oxygen atoms in total. The Kier molecular flexibility index (Phi) is 3.77. The Balaban J connectivity index is 1.92. The summed E-state index contributed by atoms with van der Waals surface area (Å²) in [6.07, 6.45) is 2.20. The van der Waals surface area contributed by atoms with E-state index in [9.17, 15) is 4.79 Å². The van der Waals surface area contributed by atoms with Crippen LogP contribution >= 0.6 is 0 Å². The molecule has 2 aromatic rings. The van der Waals surface area contributed by atoms with Crippen LogP contribution in [0.5, 0.6) is 0 Å². The van der Waals surface area contributed by atoms with Gasteiger partial charge in [-0.2, -0.15) is 0 Å². The van der Waals surface area contributed by atoms with Crippen molar-refractivity contribution in [3.8, 4) is 0 Å². The lowest BCUT2D eigenvalue weighted by Crippen LogP contribution is -2.46. The molecular formula is C19H22N4O. The van der Waals surface area contributed by atoms with Gasteiger partial charge in [-0.3, -0.25) is 0 Å². The van der Waals surface area contributed by atoms with E-state index in [0.717, 1.165) is 53.6 Å². The van der Waals surface area contributed by atoms with E-state index in [2.05, 4.69) is 40.4 Å². The van der Waals surface area contributed by atoms with Crippen LogP contribution in [0, 0.1) is 0 Å².